The molecule has 0 unspecified atom stereocenters. The summed E-state index contributed by atoms with van der Waals surface area (Å²) in [6.45, 7) is 2.06. The van der Waals surface area contributed by atoms with E-state index >= 15 is 0 Å². The first-order chi connectivity index (χ1) is 14.4. The molecule has 0 aliphatic rings. The molecule has 0 atom stereocenters. The fourth-order valence-corrected chi connectivity index (χ4v) is 3.98. The molecule has 8 heteroatoms. The van der Waals surface area contributed by atoms with E-state index in [9.17, 15) is 13.2 Å². The van der Waals surface area contributed by atoms with Crippen LogP contribution in [0.25, 0.3) is 0 Å². The smallest absolute Gasteiger partial charge is 0.264 e. The second-order valence-corrected chi connectivity index (χ2v) is 8.51. The normalized spacial score (nSPS) is 10.8. The van der Waals surface area contributed by atoms with Crippen molar-refractivity contribution in [3.63, 3.8) is 0 Å². The molecule has 0 radical (unpaired) electrons. The number of aryl methyl sites for hydroxylation is 1. The molecule has 30 heavy (non-hydrogen) atoms. The maximum atomic E-state index is 12.5. The van der Waals surface area contributed by atoms with Crippen LogP contribution in [0.3, 0.4) is 0 Å². The van der Waals surface area contributed by atoms with Crippen molar-refractivity contribution in [2.45, 2.75) is 18.2 Å². The van der Waals surface area contributed by atoms with E-state index < -0.39 is 15.9 Å². The first-order valence-electron chi connectivity index (χ1n) is 9.27. The van der Waals surface area contributed by atoms with Gasteiger partial charge in [-0.3, -0.25) is 4.79 Å². The van der Waals surface area contributed by atoms with E-state index in [2.05, 4.69) is 22.3 Å². The molecule has 0 aliphatic carbocycles. The first kappa shape index (κ1) is 21.5. The van der Waals surface area contributed by atoms with E-state index in [1.54, 1.807) is 42.5 Å². The highest BCUT2D eigenvalue weighted by Gasteiger charge is 2.18. The predicted molar refractivity (Wildman–Crippen MR) is 123 cm³/mol. The van der Waals surface area contributed by atoms with Gasteiger partial charge >= 0.3 is 0 Å². The number of sulfonamides is 1. The lowest BCUT2D eigenvalue weighted by Crippen LogP contribution is -2.30. The Morgan fingerprint density at radius 1 is 0.867 bits per heavy atom. The van der Waals surface area contributed by atoms with Crippen molar-refractivity contribution in [3.8, 4) is 0 Å². The number of anilines is 2. The maximum absolute atomic E-state index is 12.5. The van der Waals surface area contributed by atoms with E-state index in [1.807, 2.05) is 24.3 Å². The number of thiocarbonyl (C=S) groups is 1. The molecule has 0 fully saturated rings. The van der Waals surface area contributed by atoms with E-state index in [0.29, 0.717) is 10.8 Å². The van der Waals surface area contributed by atoms with Crippen LogP contribution in [0.2, 0.25) is 0 Å². The highest BCUT2D eigenvalue weighted by Crippen LogP contribution is 2.18. The van der Waals surface area contributed by atoms with Gasteiger partial charge in [0, 0.05) is 16.9 Å². The number of carbonyl (C=O) groups excluding carboxylic acids is 1. The number of para-hydroxylation sites is 1. The standard InChI is InChI=1S/C22H21N3O3S2/c1-2-16-8-6-7-11-20(16)24-22(29)23-18-12-14-19(15-13-18)30(27,28)25-21(26)17-9-4-3-5-10-17/h3-15H,2H2,1H3,(H,25,26)(H2,23,24,29). The number of carbonyl (C=O) groups is 1. The summed E-state index contributed by atoms with van der Waals surface area (Å²) in [6, 6.07) is 22.0. The molecule has 0 aliphatic heterocycles. The van der Waals surface area contributed by atoms with Crippen molar-refractivity contribution in [1.29, 1.82) is 0 Å². The molecule has 6 nitrogen and oxygen atoms in total. The van der Waals surface area contributed by atoms with Gasteiger partial charge in [0.2, 0.25) is 0 Å². The van der Waals surface area contributed by atoms with Crippen molar-refractivity contribution >= 4 is 44.6 Å². The minimum Gasteiger partial charge on any atom is -0.332 e. The Balaban J connectivity index is 1.65. The van der Waals surface area contributed by atoms with Crippen LogP contribution in [-0.2, 0) is 16.4 Å². The Kier molecular flexibility index (Phi) is 6.81. The molecule has 0 bridgehead atoms. The number of rotatable bonds is 6. The monoisotopic (exact) mass is 439 g/mol. The first-order valence-corrected chi connectivity index (χ1v) is 11.2. The van der Waals surface area contributed by atoms with Gasteiger partial charge in [-0.25, -0.2) is 13.1 Å². The van der Waals surface area contributed by atoms with E-state index in [1.165, 1.54) is 12.1 Å². The van der Waals surface area contributed by atoms with Crippen LogP contribution in [0.5, 0.6) is 0 Å². The highest BCUT2D eigenvalue weighted by molar-refractivity contribution is 7.90. The van der Waals surface area contributed by atoms with Crippen molar-refractivity contribution in [2.75, 3.05) is 10.6 Å². The molecule has 0 saturated carbocycles. The van der Waals surface area contributed by atoms with Gasteiger partial charge in [0.15, 0.2) is 5.11 Å². The highest BCUT2D eigenvalue weighted by atomic mass is 32.2. The summed E-state index contributed by atoms with van der Waals surface area (Å²) in [5.41, 5.74) is 2.94. The zero-order chi connectivity index (χ0) is 21.6. The third kappa shape index (κ3) is 5.43. The molecule has 0 saturated heterocycles. The number of amides is 1. The van der Waals surface area contributed by atoms with Crippen molar-refractivity contribution < 1.29 is 13.2 Å². The Labute approximate surface area is 181 Å². The second kappa shape index (κ2) is 9.51. The predicted octanol–water partition coefficient (Wildman–Crippen LogP) is 4.18. The van der Waals surface area contributed by atoms with Gasteiger partial charge < -0.3 is 10.6 Å². The van der Waals surface area contributed by atoms with E-state index in [4.69, 9.17) is 12.2 Å². The Hall–Kier alpha value is -3.23. The Morgan fingerprint density at radius 2 is 1.50 bits per heavy atom. The van der Waals surface area contributed by atoms with Crippen molar-refractivity contribution in [3.05, 3.63) is 90.0 Å². The lowest BCUT2D eigenvalue weighted by atomic mass is 10.1. The third-order valence-corrected chi connectivity index (χ3v) is 5.88. The van der Waals surface area contributed by atoms with Gasteiger partial charge in [-0.1, -0.05) is 43.3 Å². The molecule has 3 aromatic rings. The average molecular weight is 440 g/mol. The second-order valence-electron chi connectivity index (χ2n) is 6.41. The van der Waals surface area contributed by atoms with Crippen LogP contribution < -0.4 is 15.4 Å². The molecular weight excluding hydrogens is 418 g/mol. The van der Waals surface area contributed by atoms with Gasteiger partial charge in [0.25, 0.3) is 15.9 Å². The molecule has 3 rings (SSSR count). The van der Waals surface area contributed by atoms with Crippen LogP contribution >= 0.6 is 12.2 Å². The summed E-state index contributed by atoms with van der Waals surface area (Å²) < 4.78 is 27.0. The number of benzene rings is 3. The Morgan fingerprint density at radius 3 is 2.17 bits per heavy atom. The quantitative estimate of drug-likeness (QED) is 0.500. The minimum absolute atomic E-state index is 0.0208. The van der Waals surface area contributed by atoms with Crippen LogP contribution in [0, 0.1) is 0 Å². The van der Waals surface area contributed by atoms with Crippen molar-refractivity contribution in [1.82, 2.24) is 4.72 Å². The summed E-state index contributed by atoms with van der Waals surface area (Å²) in [5, 5.41) is 6.56. The zero-order valence-corrected chi connectivity index (χ0v) is 17.9. The summed E-state index contributed by atoms with van der Waals surface area (Å²) >= 11 is 5.35. The molecule has 0 spiro atoms. The summed E-state index contributed by atoms with van der Waals surface area (Å²) in [7, 11) is -3.99. The van der Waals surface area contributed by atoms with Crippen LogP contribution in [0.15, 0.2) is 83.8 Å². The van der Waals surface area contributed by atoms with Crippen LogP contribution in [0.4, 0.5) is 11.4 Å². The molecule has 0 heterocycles. The minimum atomic E-state index is -3.99. The molecule has 3 aromatic carbocycles. The largest absolute Gasteiger partial charge is 0.332 e. The van der Waals surface area contributed by atoms with E-state index in [0.717, 1.165) is 17.7 Å². The zero-order valence-electron chi connectivity index (χ0n) is 16.3. The SMILES string of the molecule is CCc1ccccc1NC(=S)Nc1ccc(S(=O)(=O)NC(=O)c2ccccc2)cc1. The molecular formula is C22H21N3O3S2. The lowest BCUT2D eigenvalue weighted by Gasteiger charge is -2.14. The lowest BCUT2D eigenvalue weighted by molar-refractivity contribution is 0.0981. The van der Waals surface area contributed by atoms with Gasteiger partial charge in [-0.15, -0.1) is 0 Å². The van der Waals surface area contributed by atoms with Gasteiger partial charge in [-0.05, 0) is 66.7 Å². The number of hydrogen-bond acceptors (Lipinski definition) is 4. The van der Waals surface area contributed by atoms with Crippen LogP contribution in [0.1, 0.15) is 22.8 Å². The molecule has 0 aromatic heterocycles. The molecule has 154 valence electrons. The number of hydrogen-bond donors (Lipinski definition) is 3. The fraction of sp³-hybridized carbons (Fsp3) is 0.0909. The van der Waals surface area contributed by atoms with E-state index in [-0.39, 0.29) is 10.5 Å². The fourth-order valence-electron chi connectivity index (χ4n) is 2.78. The maximum Gasteiger partial charge on any atom is 0.264 e. The van der Waals surface area contributed by atoms with Gasteiger partial charge in [0.1, 0.15) is 0 Å². The molecule has 1 amide bonds. The number of nitrogens with one attached hydrogen (secondary N) is 3. The summed E-state index contributed by atoms with van der Waals surface area (Å²) in [4.78, 5) is 12.1. The topological polar surface area (TPSA) is 87.3 Å². The average Bonchev–Trinajstić information content (AvgIpc) is 2.75. The molecule has 3 N–H and O–H groups in total. The summed E-state index contributed by atoms with van der Waals surface area (Å²) in [6.07, 6.45) is 0.868. The Bertz CT molecular complexity index is 1150. The van der Waals surface area contributed by atoms with Gasteiger partial charge in [0.05, 0.1) is 4.90 Å². The van der Waals surface area contributed by atoms with Crippen LogP contribution in [-0.4, -0.2) is 19.4 Å². The van der Waals surface area contributed by atoms with Crippen molar-refractivity contribution in [2.24, 2.45) is 0 Å². The third-order valence-electron chi connectivity index (χ3n) is 4.33. The summed E-state index contributed by atoms with van der Waals surface area (Å²) in [5.74, 6) is -0.683. The van der Waals surface area contributed by atoms with Gasteiger partial charge in [-0.2, -0.15) is 0 Å².